The van der Waals surface area contributed by atoms with Crippen LogP contribution in [-0.4, -0.2) is 83.1 Å². The average Bonchev–Trinajstić information content (AvgIpc) is 3.56. The first-order valence-electron chi connectivity index (χ1n) is 12.9. The highest BCUT2D eigenvalue weighted by Gasteiger charge is 2.30. The van der Waals surface area contributed by atoms with E-state index < -0.39 is 18.6 Å². The zero-order valence-electron chi connectivity index (χ0n) is 22.3. The fraction of sp³-hybridized carbons (Fsp3) is 0.462. The zero-order valence-corrected chi connectivity index (χ0v) is 22.3. The third kappa shape index (κ3) is 5.36. The SMILES string of the molecule is CCOc1nn(C[C@H](C)O)c2c1/C=C/c1[nH]nc3ncc(cc13)-c1cnn(C)c1O[C@H](C(F)F)CN(CC)C2. The fourth-order valence-corrected chi connectivity index (χ4v) is 4.67. The molecule has 0 aliphatic carbocycles. The number of likely N-dealkylation sites (N-methyl/N-ethyl adjacent to an activating group) is 1. The van der Waals surface area contributed by atoms with Gasteiger partial charge in [0, 0.05) is 37.3 Å². The molecule has 5 heterocycles. The number of pyridine rings is 1. The van der Waals surface area contributed by atoms with Crippen LogP contribution >= 0.6 is 0 Å². The number of aryl methyl sites for hydroxylation is 1. The molecule has 4 aromatic rings. The summed E-state index contributed by atoms with van der Waals surface area (Å²) in [6, 6.07) is 1.88. The molecular formula is C26H32F2N8O3. The lowest BCUT2D eigenvalue weighted by Gasteiger charge is -2.27. The number of rotatable bonds is 6. The molecule has 0 spiro atoms. The summed E-state index contributed by atoms with van der Waals surface area (Å²) in [6.07, 6.45) is 2.09. The van der Waals surface area contributed by atoms with Gasteiger partial charge in [0.2, 0.25) is 11.8 Å². The number of ether oxygens (including phenoxy) is 2. The molecule has 0 fully saturated rings. The van der Waals surface area contributed by atoms with Gasteiger partial charge in [-0.3, -0.25) is 14.7 Å². The Bertz CT molecular complexity index is 1480. The van der Waals surface area contributed by atoms with E-state index >= 15 is 0 Å². The van der Waals surface area contributed by atoms with Crippen molar-refractivity contribution in [2.45, 2.75) is 52.5 Å². The molecule has 1 aliphatic rings. The second-order valence-corrected chi connectivity index (χ2v) is 9.50. The molecule has 2 bridgehead atoms. The van der Waals surface area contributed by atoms with E-state index in [9.17, 15) is 13.9 Å². The number of nitrogens with zero attached hydrogens (tertiary/aromatic N) is 7. The number of aromatic nitrogens is 7. The van der Waals surface area contributed by atoms with Crippen molar-refractivity contribution < 1.29 is 23.4 Å². The van der Waals surface area contributed by atoms with Crippen LogP contribution in [0.2, 0.25) is 0 Å². The number of hydrogen-bond acceptors (Lipinski definition) is 8. The van der Waals surface area contributed by atoms with Crippen LogP contribution in [0, 0.1) is 0 Å². The fourth-order valence-electron chi connectivity index (χ4n) is 4.67. The summed E-state index contributed by atoms with van der Waals surface area (Å²) < 4.78 is 43.7. The molecule has 0 saturated carbocycles. The lowest BCUT2D eigenvalue weighted by Crippen LogP contribution is -2.40. The molecule has 2 N–H and O–H groups in total. The van der Waals surface area contributed by atoms with Gasteiger partial charge in [0.25, 0.3) is 6.43 Å². The van der Waals surface area contributed by atoms with E-state index in [1.807, 2.05) is 37.0 Å². The van der Waals surface area contributed by atoms with Crippen LogP contribution in [-0.2, 0) is 20.1 Å². The van der Waals surface area contributed by atoms with Gasteiger partial charge in [0.1, 0.15) is 0 Å². The molecule has 4 aromatic heterocycles. The molecule has 0 saturated heterocycles. The van der Waals surface area contributed by atoms with Crippen LogP contribution in [0.5, 0.6) is 11.8 Å². The number of halogens is 2. The molecule has 0 aromatic carbocycles. The van der Waals surface area contributed by atoms with E-state index in [2.05, 4.69) is 25.4 Å². The van der Waals surface area contributed by atoms with E-state index in [1.54, 1.807) is 31.0 Å². The molecule has 2 atom stereocenters. The maximum absolute atomic E-state index is 14.4. The molecule has 0 amide bonds. The second kappa shape index (κ2) is 11.1. The Balaban J connectivity index is 1.72. The Morgan fingerprint density at radius 3 is 2.79 bits per heavy atom. The van der Waals surface area contributed by atoms with Crippen LogP contribution < -0.4 is 9.47 Å². The Kier molecular flexibility index (Phi) is 7.62. The van der Waals surface area contributed by atoms with Gasteiger partial charge in [-0.25, -0.2) is 18.4 Å². The quantitative estimate of drug-likeness (QED) is 0.381. The topological polar surface area (TPSA) is 119 Å². The van der Waals surface area contributed by atoms with Crippen LogP contribution in [0.1, 0.15) is 37.7 Å². The van der Waals surface area contributed by atoms with Gasteiger partial charge >= 0.3 is 0 Å². The predicted molar refractivity (Wildman–Crippen MR) is 141 cm³/mol. The van der Waals surface area contributed by atoms with E-state index in [-0.39, 0.29) is 25.5 Å². The molecule has 0 radical (unpaired) electrons. The number of alkyl halides is 2. The molecule has 39 heavy (non-hydrogen) atoms. The van der Waals surface area contributed by atoms with Gasteiger partial charge in [-0.2, -0.15) is 10.2 Å². The third-order valence-electron chi connectivity index (χ3n) is 6.64. The van der Waals surface area contributed by atoms with Crippen LogP contribution in [0.4, 0.5) is 8.78 Å². The van der Waals surface area contributed by atoms with Crippen LogP contribution in [0.15, 0.2) is 18.5 Å². The first kappa shape index (κ1) is 26.8. The van der Waals surface area contributed by atoms with Crippen molar-refractivity contribution in [2.75, 3.05) is 19.7 Å². The molecule has 5 rings (SSSR count). The maximum Gasteiger partial charge on any atom is 0.276 e. The third-order valence-corrected chi connectivity index (χ3v) is 6.64. The summed E-state index contributed by atoms with van der Waals surface area (Å²) >= 11 is 0. The average molecular weight is 543 g/mol. The number of fused-ring (bicyclic) bond motifs is 4. The van der Waals surface area contributed by atoms with Crippen molar-refractivity contribution in [3.05, 3.63) is 35.4 Å². The Morgan fingerprint density at radius 2 is 2.08 bits per heavy atom. The maximum atomic E-state index is 14.4. The Hall–Kier alpha value is -3.84. The van der Waals surface area contributed by atoms with Crippen molar-refractivity contribution in [3.8, 4) is 22.9 Å². The number of aliphatic hydroxyl groups excluding tert-OH is 1. The first-order valence-corrected chi connectivity index (χ1v) is 12.9. The van der Waals surface area contributed by atoms with Crippen LogP contribution in [0.3, 0.4) is 0 Å². The van der Waals surface area contributed by atoms with Crippen molar-refractivity contribution in [2.24, 2.45) is 7.05 Å². The summed E-state index contributed by atoms with van der Waals surface area (Å²) in [4.78, 5) is 6.33. The molecule has 208 valence electrons. The van der Waals surface area contributed by atoms with Gasteiger partial charge in [0.05, 0.1) is 48.0 Å². The Labute approximate surface area is 224 Å². The molecule has 0 unspecified atom stereocenters. The lowest BCUT2D eigenvalue weighted by atomic mass is 10.1. The summed E-state index contributed by atoms with van der Waals surface area (Å²) in [5.41, 5.74) is 3.85. The van der Waals surface area contributed by atoms with E-state index in [1.165, 1.54) is 4.68 Å². The number of nitrogens with one attached hydrogen (secondary N) is 1. The van der Waals surface area contributed by atoms with Crippen LogP contribution in [0.25, 0.3) is 34.3 Å². The number of aromatic amines is 1. The van der Waals surface area contributed by atoms with Gasteiger partial charge in [-0.1, -0.05) is 6.92 Å². The van der Waals surface area contributed by atoms with Gasteiger partial charge in [-0.05, 0) is 38.6 Å². The van der Waals surface area contributed by atoms with Crippen molar-refractivity contribution >= 4 is 23.2 Å². The number of H-pyrrole nitrogens is 1. The molecule has 11 nitrogen and oxygen atoms in total. The standard InChI is InChI=1S/C26H32F2N8O3/c1-5-35-13-21-17(25(38-6-2)33-36(21)12-15(3)37)7-8-20-18-9-16(10-29-24(18)32-31-20)19-11-30-34(4)26(19)39-22(14-35)23(27)28/h7-11,15,22-23,37H,5-6,12-14H2,1-4H3,(H,29,31,32)/b8-7+/t15-,22-/m0/s1. The van der Waals surface area contributed by atoms with E-state index in [4.69, 9.17) is 9.47 Å². The van der Waals surface area contributed by atoms with E-state index in [0.717, 1.165) is 11.1 Å². The smallest absolute Gasteiger partial charge is 0.276 e. The van der Waals surface area contributed by atoms with Crippen molar-refractivity contribution in [1.29, 1.82) is 0 Å². The molecule has 1 aliphatic heterocycles. The number of hydrogen-bond donors (Lipinski definition) is 2. The highest BCUT2D eigenvalue weighted by molar-refractivity contribution is 5.90. The summed E-state index contributed by atoms with van der Waals surface area (Å²) in [5.74, 6) is 0.624. The van der Waals surface area contributed by atoms with Gasteiger partial charge in [0.15, 0.2) is 11.8 Å². The lowest BCUT2D eigenvalue weighted by molar-refractivity contribution is -0.0128. The predicted octanol–water partition coefficient (Wildman–Crippen LogP) is 3.35. The van der Waals surface area contributed by atoms with E-state index in [0.29, 0.717) is 47.1 Å². The van der Waals surface area contributed by atoms with Gasteiger partial charge in [-0.15, -0.1) is 5.10 Å². The first-order chi connectivity index (χ1) is 18.8. The minimum Gasteiger partial charge on any atom is -0.476 e. The Morgan fingerprint density at radius 1 is 1.26 bits per heavy atom. The summed E-state index contributed by atoms with van der Waals surface area (Å²) in [5, 5.41) is 27.1. The normalized spacial score (nSPS) is 17.9. The molecular weight excluding hydrogens is 510 g/mol. The highest BCUT2D eigenvalue weighted by Crippen LogP contribution is 2.34. The summed E-state index contributed by atoms with van der Waals surface area (Å²) in [7, 11) is 1.65. The zero-order chi connectivity index (χ0) is 27.7. The highest BCUT2D eigenvalue weighted by atomic mass is 19.3. The van der Waals surface area contributed by atoms with Crippen molar-refractivity contribution in [3.63, 3.8) is 0 Å². The largest absolute Gasteiger partial charge is 0.476 e. The second-order valence-electron chi connectivity index (χ2n) is 9.50. The molecule has 13 heteroatoms. The monoisotopic (exact) mass is 542 g/mol. The minimum absolute atomic E-state index is 0.0496. The van der Waals surface area contributed by atoms with Crippen molar-refractivity contribution in [1.82, 2.24) is 39.6 Å². The number of aliphatic hydroxyl groups is 1. The summed E-state index contributed by atoms with van der Waals surface area (Å²) in [6.45, 7) is 6.74. The minimum atomic E-state index is -2.75. The van der Waals surface area contributed by atoms with Gasteiger partial charge < -0.3 is 14.6 Å².